The maximum absolute atomic E-state index is 13.8. The molecule has 2 N–H and O–H groups in total. The highest BCUT2D eigenvalue weighted by atomic mass is 35.5. The van der Waals surface area contributed by atoms with Crippen LogP contribution in [0.1, 0.15) is 18.5 Å². The van der Waals surface area contributed by atoms with Crippen LogP contribution in [0.25, 0.3) is 0 Å². The normalized spacial score (nSPS) is 13.6. The summed E-state index contributed by atoms with van der Waals surface area (Å²) in [4.78, 5) is 24.2. The predicted octanol–water partition coefficient (Wildman–Crippen LogP) is 3.21. The van der Waals surface area contributed by atoms with Crippen molar-refractivity contribution >= 4 is 29.1 Å². The Morgan fingerprint density at radius 1 is 1.07 bits per heavy atom. The summed E-state index contributed by atoms with van der Waals surface area (Å²) in [6, 6.07) is 5.04. The highest BCUT2D eigenvalue weighted by Gasteiger charge is 2.22. The third-order valence-corrected chi connectivity index (χ3v) is 4.18. The van der Waals surface area contributed by atoms with Crippen molar-refractivity contribution in [2.45, 2.75) is 13.0 Å². The average Bonchev–Trinajstić information content (AvgIpc) is 2.62. The van der Waals surface area contributed by atoms with Gasteiger partial charge in [-0.2, -0.15) is 0 Å². The van der Waals surface area contributed by atoms with Crippen LogP contribution in [0, 0.1) is 11.6 Å². The number of carbonyl (C=O) groups excluding carboxylic acids is 2. The van der Waals surface area contributed by atoms with E-state index in [9.17, 15) is 18.4 Å². The number of halogens is 3. The van der Waals surface area contributed by atoms with E-state index in [4.69, 9.17) is 21.1 Å². The zero-order chi connectivity index (χ0) is 19.6. The van der Waals surface area contributed by atoms with Gasteiger partial charge in [0.05, 0.1) is 16.8 Å². The van der Waals surface area contributed by atoms with Gasteiger partial charge in [0.1, 0.15) is 24.8 Å². The molecule has 0 saturated carbocycles. The number of anilines is 1. The number of hydrogen-bond acceptors (Lipinski definition) is 4. The van der Waals surface area contributed by atoms with E-state index in [-0.39, 0.29) is 16.3 Å². The van der Waals surface area contributed by atoms with Crippen LogP contribution >= 0.6 is 11.6 Å². The van der Waals surface area contributed by atoms with Crippen LogP contribution in [0.4, 0.5) is 14.5 Å². The molecule has 1 heterocycles. The first-order valence-corrected chi connectivity index (χ1v) is 8.39. The Labute approximate surface area is 158 Å². The van der Waals surface area contributed by atoms with Crippen LogP contribution in [-0.4, -0.2) is 25.0 Å². The summed E-state index contributed by atoms with van der Waals surface area (Å²) >= 11 is 6.08. The molecule has 9 heteroatoms. The van der Waals surface area contributed by atoms with Gasteiger partial charge < -0.3 is 20.1 Å². The zero-order valence-corrected chi connectivity index (χ0v) is 14.9. The van der Waals surface area contributed by atoms with E-state index in [1.807, 2.05) is 0 Å². The molecule has 2 aromatic carbocycles. The molecule has 3 rings (SSSR count). The van der Waals surface area contributed by atoms with Crippen LogP contribution < -0.4 is 20.1 Å². The van der Waals surface area contributed by atoms with Crippen molar-refractivity contribution in [2.75, 3.05) is 18.5 Å². The molecular weight excluding hydrogens is 382 g/mol. The first-order chi connectivity index (χ1) is 12.8. The van der Waals surface area contributed by atoms with E-state index < -0.39 is 29.5 Å². The number of benzene rings is 2. The second kappa shape index (κ2) is 7.79. The molecule has 6 nitrogen and oxygen atoms in total. The fraction of sp³-hybridized carbons (Fsp3) is 0.222. The molecule has 1 aliphatic rings. The summed E-state index contributed by atoms with van der Waals surface area (Å²) in [5.74, 6) is -2.73. The second-order valence-electron chi connectivity index (χ2n) is 5.79. The Balaban J connectivity index is 1.68. The molecule has 0 fully saturated rings. The summed E-state index contributed by atoms with van der Waals surface area (Å²) in [5, 5.41) is 4.88. The predicted molar refractivity (Wildman–Crippen MR) is 94.0 cm³/mol. The van der Waals surface area contributed by atoms with Crippen molar-refractivity contribution in [3.63, 3.8) is 0 Å². The summed E-state index contributed by atoms with van der Waals surface area (Å²) in [6.07, 6.45) is 0. The van der Waals surface area contributed by atoms with E-state index in [1.165, 1.54) is 25.1 Å². The van der Waals surface area contributed by atoms with Crippen LogP contribution in [-0.2, 0) is 9.59 Å². The number of fused-ring (bicyclic) bond motifs is 1. The van der Waals surface area contributed by atoms with E-state index in [0.717, 1.165) is 6.07 Å². The maximum atomic E-state index is 13.8. The molecule has 27 heavy (non-hydrogen) atoms. The van der Waals surface area contributed by atoms with Gasteiger partial charge in [-0.3, -0.25) is 9.59 Å². The lowest BCUT2D eigenvalue weighted by molar-refractivity contribution is -0.136. The van der Waals surface area contributed by atoms with Crippen molar-refractivity contribution in [2.24, 2.45) is 0 Å². The lowest BCUT2D eigenvalue weighted by Gasteiger charge is -2.20. The van der Waals surface area contributed by atoms with Gasteiger partial charge in [-0.15, -0.1) is 0 Å². The Kier molecular flexibility index (Phi) is 5.46. The molecular formula is C18H15ClF2N2O4. The SMILES string of the molecule is CC(NC(=O)C(=O)Nc1cc2c(cc1Cl)OCCO2)c1ccc(F)cc1F. The monoisotopic (exact) mass is 396 g/mol. The number of hydrogen-bond donors (Lipinski definition) is 2. The Bertz CT molecular complexity index is 907. The minimum Gasteiger partial charge on any atom is -0.486 e. The van der Waals surface area contributed by atoms with Gasteiger partial charge in [0.25, 0.3) is 0 Å². The largest absolute Gasteiger partial charge is 0.486 e. The van der Waals surface area contributed by atoms with E-state index in [1.54, 1.807) is 0 Å². The molecule has 1 unspecified atom stereocenters. The summed E-state index contributed by atoms with van der Waals surface area (Å²) in [5.41, 5.74) is 0.219. The third-order valence-electron chi connectivity index (χ3n) is 3.86. The lowest BCUT2D eigenvalue weighted by Crippen LogP contribution is -2.37. The fourth-order valence-corrected chi connectivity index (χ4v) is 2.73. The second-order valence-corrected chi connectivity index (χ2v) is 6.20. The molecule has 0 bridgehead atoms. The molecule has 0 radical (unpaired) electrons. The minimum atomic E-state index is -1.00. The van der Waals surface area contributed by atoms with Crippen LogP contribution in [0.15, 0.2) is 30.3 Å². The van der Waals surface area contributed by atoms with Gasteiger partial charge in [-0.05, 0) is 13.0 Å². The summed E-state index contributed by atoms with van der Waals surface area (Å²) in [6.45, 7) is 2.21. The maximum Gasteiger partial charge on any atom is 0.313 e. The van der Waals surface area contributed by atoms with Crippen LogP contribution in [0.3, 0.4) is 0 Å². The van der Waals surface area contributed by atoms with Gasteiger partial charge in [0, 0.05) is 23.8 Å². The topological polar surface area (TPSA) is 76.7 Å². The average molecular weight is 397 g/mol. The van der Waals surface area contributed by atoms with Crippen molar-refractivity contribution < 1.29 is 27.8 Å². The fourth-order valence-electron chi connectivity index (χ4n) is 2.53. The molecule has 0 aromatic heterocycles. The lowest BCUT2D eigenvalue weighted by atomic mass is 10.1. The van der Waals surface area contributed by atoms with E-state index >= 15 is 0 Å². The highest BCUT2D eigenvalue weighted by Crippen LogP contribution is 2.37. The van der Waals surface area contributed by atoms with Crippen molar-refractivity contribution in [1.82, 2.24) is 5.32 Å². The quantitative estimate of drug-likeness (QED) is 0.781. The van der Waals surface area contributed by atoms with Crippen LogP contribution in [0.2, 0.25) is 5.02 Å². The zero-order valence-electron chi connectivity index (χ0n) is 14.1. The van der Waals surface area contributed by atoms with Gasteiger partial charge in [-0.1, -0.05) is 17.7 Å². The molecule has 2 amide bonds. The van der Waals surface area contributed by atoms with Gasteiger partial charge >= 0.3 is 11.8 Å². The smallest absolute Gasteiger partial charge is 0.313 e. The van der Waals surface area contributed by atoms with E-state index in [2.05, 4.69) is 10.6 Å². The number of rotatable bonds is 3. The first-order valence-electron chi connectivity index (χ1n) is 8.01. The van der Waals surface area contributed by atoms with Crippen molar-refractivity contribution in [3.05, 3.63) is 52.6 Å². The van der Waals surface area contributed by atoms with Crippen LogP contribution in [0.5, 0.6) is 11.5 Å². The first kappa shape index (κ1) is 18.9. The molecule has 0 spiro atoms. The van der Waals surface area contributed by atoms with Crippen molar-refractivity contribution in [3.8, 4) is 11.5 Å². The number of carbonyl (C=O) groups is 2. The standard InChI is InChI=1S/C18H15ClF2N2O4/c1-9(11-3-2-10(20)6-13(11)21)22-17(24)18(25)23-14-8-16-15(7-12(14)19)26-4-5-27-16/h2-3,6-9H,4-5H2,1H3,(H,22,24)(H,23,25). The number of amides is 2. The van der Waals surface area contributed by atoms with E-state index in [0.29, 0.717) is 30.8 Å². The molecule has 2 aromatic rings. The highest BCUT2D eigenvalue weighted by molar-refractivity contribution is 6.41. The summed E-state index contributed by atoms with van der Waals surface area (Å²) < 4.78 is 37.5. The molecule has 1 atom stereocenters. The molecule has 0 saturated heterocycles. The summed E-state index contributed by atoms with van der Waals surface area (Å²) in [7, 11) is 0. The van der Waals surface area contributed by atoms with Gasteiger partial charge in [0.2, 0.25) is 0 Å². The Hall–Kier alpha value is -2.87. The van der Waals surface area contributed by atoms with Gasteiger partial charge in [-0.25, -0.2) is 8.78 Å². The Morgan fingerprint density at radius 3 is 2.41 bits per heavy atom. The number of ether oxygens (including phenoxy) is 2. The number of nitrogens with one attached hydrogen (secondary N) is 2. The molecule has 1 aliphatic heterocycles. The molecule has 0 aliphatic carbocycles. The Morgan fingerprint density at radius 2 is 1.74 bits per heavy atom. The minimum absolute atomic E-state index is 0.0508. The van der Waals surface area contributed by atoms with Crippen molar-refractivity contribution in [1.29, 1.82) is 0 Å². The molecule has 142 valence electrons. The third kappa shape index (κ3) is 4.28. The van der Waals surface area contributed by atoms with Gasteiger partial charge in [0.15, 0.2) is 11.5 Å².